The van der Waals surface area contributed by atoms with E-state index in [1.54, 1.807) is 23.5 Å². The molecule has 12 heteroatoms. The lowest BCUT2D eigenvalue weighted by Gasteiger charge is -2.42. The number of aliphatic hydroxyl groups excluding tert-OH is 1. The van der Waals surface area contributed by atoms with E-state index in [4.69, 9.17) is 0 Å². The summed E-state index contributed by atoms with van der Waals surface area (Å²) in [6.07, 6.45) is -3.45. The van der Waals surface area contributed by atoms with Crippen LogP contribution in [0.2, 0.25) is 0 Å². The Bertz CT molecular complexity index is 1080. The third-order valence-electron chi connectivity index (χ3n) is 5.49. The summed E-state index contributed by atoms with van der Waals surface area (Å²) in [6.45, 7) is -0.337. The zero-order valence-corrected chi connectivity index (χ0v) is 18.4. The fraction of sp³-hybridized carbons (Fsp3) is 0.429. The summed E-state index contributed by atoms with van der Waals surface area (Å²) >= 11 is 0. The molecule has 2 atom stereocenters. The molecule has 1 saturated heterocycles. The standard InChI is InChI=1S/C21H23F4N3O4S/c1-2-33(31,32)28-11-21(25,12-28)17-8-7-15(10-26-17)13-3-5-14(6-4-13)18(29)16(9-22)27-20(30)19(23)24/h3-8,10,16,18-19,29H,2,9,11-12H2,1H3,(H,27,30). The summed E-state index contributed by atoms with van der Waals surface area (Å²) in [7, 11) is -3.46. The maximum absolute atomic E-state index is 15.0. The molecule has 180 valence electrons. The highest BCUT2D eigenvalue weighted by atomic mass is 32.2. The van der Waals surface area contributed by atoms with Gasteiger partial charge in [-0.1, -0.05) is 30.3 Å². The molecule has 3 rings (SSSR count). The summed E-state index contributed by atoms with van der Waals surface area (Å²) < 4.78 is 77.5. The maximum atomic E-state index is 15.0. The minimum absolute atomic E-state index is 0.106. The molecular formula is C21H23F4N3O4S. The van der Waals surface area contributed by atoms with Gasteiger partial charge in [0.05, 0.1) is 30.6 Å². The van der Waals surface area contributed by atoms with E-state index < -0.39 is 46.8 Å². The van der Waals surface area contributed by atoms with E-state index in [1.165, 1.54) is 31.3 Å². The SMILES string of the molecule is CCS(=O)(=O)N1CC(F)(c2ccc(-c3ccc(C(O)C(CF)NC(=O)C(F)F)cc3)cn2)C1. The van der Waals surface area contributed by atoms with Crippen LogP contribution < -0.4 is 5.32 Å². The Hall–Kier alpha value is -2.57. The van der Waals surface area contributed by atoms with Gasteiger partial charge in [-0.25, -0.2) is 17.2 Å². The summed E-state index contributed by atoms with van der Waals surface area (Å²) in [4.78, 5) is 15.2. The summed E-state index contributed by atoms with van der Waals surface area (Å²) in [5.41, 5.74) is -0.307. The molecule has 0 aliphatic carbocycles. The van der Waals surface area contributed by atoms with Gasteiger partial charge in [0, 0.05) is 11.8 Å². The largest absolute Gasteiger partial charge is 0.386 e. The van der Waals surface area contributed by atoms with Crippen LogP contribution in [-0.2, 0) is 20.5 Å². The number of alkyl halides is 4. The average Bonchev–Trinajstić information content (AvgIpc) is 2.80. The van der Waals surface area contributed by atoms with Crippen LogP contribution in [0.1, 0.15) is 24.3 Å². The molecule has 1 amide bonds. The summed E-state index contributed by atoms with van der Waals surface area (Å²) in [5, 5.41) is 12.0. The van der Waals surface area contributed by atoms with Crippen LogP contribution in [0.25, 0.3) is 11.1 Å². The zero-order valence-electron chi connectivity index (χ0n) is 17.6. The van der Waals surface area contributed by atoms with Crippen molar-refractivity contribution in [3.8, 4) is 11.1 Å². The van der Waals surface area contributed by atoms with Gasteiger partial charge in [0.25, 0.3) is 5.91 Å². The van der Waals surface area contributed by atoms with Gasteiger partial charge in [0.15, 0.2) is 5.67 Å². The molecule has 1 aromatic heterocycles. The second-order valence-corrected chi connectivity index (χ2v) is 9.96. The van der Waals surface area contributed by atoms with E-state index in [0.29, 0.717) is 11.1 Å². The van der Waals surface area contributed by atoms with Gasteiger partial charge >= 0.3 is 6.43 Å². The minimum Gasteiger partial charge on any atom is -0.386 e. The lowest BCUT2D eigenvalue weighted by molar-refractivity contribution is -0.133. The van der Waals surface area contributed by atoms with Crippen LogP contribution in [0.3, 0.4) is 0 Å². The Balaban J connectivity index is 1.68. The molecule has 7 nitrogen and oxygen atoms in total. The van der Waals surface area contributed by atoms with Gasteiger partial charge in [-0.2, -0.15) is 13.1 Å². The van der Waals surface area contributed by atoms with Crippen molar-refractivity contribution in [3.63, 3.8) is 0 Å². The highest BCUT2D eigenvalue weighted by Gasteiger charge is 2.50. The maximum Gasteiger partial charge on any atom is 0.315 e. The molecular weight excluding hydrogens is 466 g/mol. The van der Waals surface area contributed by atoms with E-state index in [2.05, 4.69) is 4.98 Å². The number of hydrogen-bond donors (Lipinski definition) is 2. The zero-order chi connectivity index (χ0) is 24.4. The number of nitrogens with one attached hydrogen (secondary N) is 1. The number of amides is 1. The third kappa shape index (κ3) is 5.33. The van der Waals surface area contributed by atoms with Crippen LogP contribution >= 0.6 is 0 Å². The number of halogens is 4. The molecule has 1 aromatic carbocycles. The van der Waals surface area contributed by atoms with Crippen molar-refractivity contribution < 1.29 is 35.9 Å². The topological polar surface area (TPSA) is 99.6 Å². The van der Waals surface area contributed by atoms with Crippen LogP contribution in [0.4, 0.5) is 17.6 Å². The molecule has 2 N–H and O–H groups in total. The van der Waals surface area contributed by atoms with E-state index in [9.17, 15) is 35.9 Å². The molecule has 1 aliphatic heterocycles. The van der Waals surface area contributed by atoms with E-state index >= 15 is 0 Å². The quantitative estimate of drug-likeness (QED) is 0.527. The molecule has 0 radical (unpaired) electrons. The predicted octanol–water partition coefficient (Wildman–Crippen LogP) is 2.33. The number of hydrogen-bond acceptors (Lipinski definition) is 5. The fourth-order valence-corrected chi connectivity index (χ4v) is 4.60. The first-order chi connectivity index (χ1) is 15.5. The number of pyridine rings is 1. The molecule has 0 bridgehead atoms. The molecule has 1 aliphatic rings. The van der Waals surface area contributed by atoms with Crippen molar-refractivity contribution in [2.24, 2.45) is 0 Å². The van der Waals surface area contributed by atoms with Gasteiger partial charge in [-0.15, -0.1) is 0 Å². The normalized spacial score (nSPS) is 17.9. The number of aromatic nitrogens is 1. The number of rotatable bonds is 9. The van der Waals surface area contributed by atoms with E-state index in [-0.39, 0.29) is 30.1 Å². The molecule has 33 heavy (non-hydrogen) atoms. The van der Waals surface area contributed by atoms with Crippen LogP contribution in [-0.4, -0.2) is 66.7 Å². The van der Waals surface area contributed by atoms with E-state index in [1.807, 2.05) is 0 Å². The van der Waals surface area contributed by atoms with Crippen molar-refractivity contribution in [2.45, 2.75) is 31.2 Å². The highest BCUT2D eigenvalue weighted by Crippen LogP contribution is 2.37. The number of nitrogens with zero attached hydrogens (tertiary/aromatic N) is 2. The Morgan fingerprint density at radius 3 is 2.27 bits per heavy atom. The third-order valence-corrected chi connectivity index (χ3v) is 7.27. The number of aliphatic hydroxyl groups is 1. The Morgan fingerprint density at radius 2 is 1.79 bits per heavy atom. The predicted molar refractivity (Wildman–Crippen MR) is 112 cm³/mol. The Kier molecular flexibility index (Phi) is 7.39. The summed E-state index contributed by atoms with van der Waals surface area (Å²) in [5.74, 6) is -1.78. The van der Waals surface area contributed by atoms with E-state index in [0.717, 1.165) is 4.31 Å². The smallest absolute Gasteiger partial charge is 0.315 e. The van der Waals surface area contributed by atoms with Gasteiger partial charge in [-0.3, -0.25) is 9.78 Å². The van der Waals surface area contributed by atoms with Gasteiger partial charge < -0.3 is 10.4 Å². The van der Waals surface area contributed by atoms with Crippen LogP contribution in [0, 0.1) is 0 Å². The molecule has 2 heterocycles. The van der Waals surface area contributed by atoms with Crippen LogP contribution in [0.15, 0.2) is 42.6 Å². The molecule has 2 aromatic rings. The molecule has 1 fully saturated rings. The lowest BCUT2D eigenvalue weighted by atomic mass is 9.93. The molecule has 0 saturated carbocycles. The second kappa shape index (κ2) is 9.74. The lowest BCUT2D eigenvalue weighted by Crippen LogP contribution is -2.59. The van der Waals surface area contributed by atoms with Crippen molar-refractivity contribution in [1.82, 2.24) is 14.6 Å². The molecule has 0 spiro atoms. The monoisotopic (exact) mass is 489 g/mol. The highest BCUT2D eigenvalue weighted by molar-refractivity contribution is 7.89. The Morgan fingerprint density at radius 1 is 1.18 bits per heavy atom. The Labute approximate surface area is 188 Å². The van der Waals surface area contributed by atoms with Gasteiger partial charge in [0.2, 0.25) is 10.0 Å². The van der Waals surface area contributed by atoms with Crippen LogP contribution in [0.5, 0.6) is 0 Å². The fourth-order valence-electron chi connectivity index (χ4n) is 3.44. The van der Waals surface area contributed by atoms with Gasteiger partial charge in [-0.05, 0) is 24.1 Å². The summed E-state index contributed by atoms with van der Waals surface area (Å²) in [6, 6.07) is 7.58. The number of sulfonamides is 1. The van der Waals surface area contributed by atoms with Crippen molar-refractivity contribution in [1.29, 1.82) is 0 Å². The minimum atomic E-state index is -3.46. The first kappa shape index (κ1) is 25.1. The van der Waals surface area contributed by atoms with Crippen molar-refractivity contribution in [2.75, 3.05) is 25.5 Å². The molecule has 2 unspecified atom stereocenters. The first-order valence-electron chi connectivity index (χ1n) is 10.1. The average molecular weight is 489 g/mol. The van der Waals surface area contributed by atoms with Crippen molar-refractivity contribution in [3.05, 3.63) is 53.9 Å². The second-order valence-electron chi connectivity index (χ2n) is 7.70. The number of carbonyl (C=O) groups is 1. The number of carbonyl (C=O) groups excluding carboxylic acids is 1. The van der Waals surface area contributed by atoms with Crippen molar-refractivity contribution >= 4 is 15.9 Å². The van der Waals surface area contributed by atoms with Gasteiger partial charge in [0.1, 0.15) is 12.8 Å². The first-order valence-corrected chi connectivity index (χ1v) is 11.7. The number of benzene rings is 1.